The van der Waals surface area contributed by atoms with Crippen molar-refractivity contribution >= 4 is 17.3 Å². The molecule has 106 valence electrons. The van der Waals surface area contributed by atoms with E-state index in [4.69, 9.17) is 16.7 Å². The molecule has 0 aromatic carbocycles. The van der Waals surface area contributed by atoms with Gasteiger partial charge in [0.05, 0.1) is 37.3 Å². The summed E-state index contributed by atoms with van der Waals surface area (Å²) in [6.07, 6.45) is 3.12. The molecule has 0 amide bonds. The second-order valence-electron chi connectivity index (χ2n) is 4.07. The standard InChI is InChI=1S/C12H14ClN5O2/c1-8-14-3-2-9(17-8)6-15-10-7-16-18(4-5-19)12(20)11(10)13/h2-3,7,15,19H,4-6H2,1H3. The molecule has 2 rings (SSSR count). The minimum atomic E-state index is -0.440. The first-order valence-corrected chi connectivity index (χ1v) is 6.38. The highest BCUT2D eigenvalue weighted by Gasteiger charge is 2.09. The van der Waals surface area contributed by atoms with Crippen molar-refractivity contribution in [3.63, 3.8) is 0 Å². The van der Waals surface area contributed by atoms with E-state index in [0.29, 0.717) is 18.1 Å². The number of hydrogen-bond donors (Lipinski definition) is 2. The molecule has 0 aliphatic rings. The van der Waals surface area contributed by atoms with Crippen LogP contribution >= 0.6 is 11.6 Å². The molecule has 0 fully saturated rings. The first-order valence-electron chi connectivity index (χ1n) is 6.00. The number of aliphatic hydroxyl groups is 1. The summed E-state index contributed by atoms with van der Waals surface area (Å²) in [5, 5.41) is 15.8. The third-order valence-electron chi connectivity index (χ3n) is 2.59. The molecule has 2 aromatic rings. The van der Waals surface area contributed by atoms with Gasteiger partial charge in [-0.25, -0.2) is 14.6 Å². The Bertz CT molecular complexity index is 659. The molecule has 2 aromatic heterocycles. The van der Waals surface area contributed by atoms with Crippen LogP contribution in [0, 0.1) is 6.92 Å². The van der Waals surface area contributed by atoms with Gasteiger partial charge in [-0.3, -0.25) is 4.79 Å². The number of anilines is 1. The van der Waals surface area contributed by atoms with Gasteiger partial charge < -0.3 is 10.4 Å². The summed E-state index contributed by atoms with van der Waals surface area (Å²) < 4.78 is 1.11. The van der Waals surface area contributed by atoms with Gasteiger partial charge in [-0.1, -0.05) is 11.6 Å². The van der Waals surface area contributed by atoms with Crippen LogP contribution in [0.4, 0.5) is 5.69 Å². The Kier molecular flexibility index (Phi) is 4.65. The van der Waals surface area contributed by atoms with Crippen molar-refractivity contribution in [2.24, 2.45) is 0 Å². The molecule has 8 heteroatoms. The summed E-state index contributed by atoms with van der Waals surface area (Å²) in [6.45, 7) is 2.16. The molecule has 0 spiro atoms. The summed E-state index contributed by atoms with van der Waals surface area (Å²) in [5.74, 6) is 0.673. The quantitative estimate of drug-likeness (QED) is 0.839. The van der Waals surface area contributed by atoms with E-state index in [0.717, 1.165) is 10.4 Å². The Balaban J connectivity index is 2.14. The molecule has 0 unspecified atom stereocenters. The second-order valence-corrected chi connectivity index (χ2v) is 4.45. The van der Waals surface area contributed by atoms with Crippen LogP contribution in [-0.2, 0) is 13.1 Å². The minimum absolute atomic E-state index is 0.0410. The third kappa shape index (κ3) is 3.31. The van der Waals surface area contributed by atoms with Gasteiger partial charge in [-0.15, -0.1) is 0 Å². The fourth-order valence-electron chi connectivity index (χ4n) is 1.63. The number of nitrogens with zero attached hydrogens (tertiary/aromatic N) is 4. The SMILES string of the molecule is Cc1nccc(CNc2cnn(CCO)c(=O)c2Cl)n1. The fraction of sp³-hybridized carbons (Fsp3) is 0.333. The lowest BCUT2D eigenvalue weighted by Crippen LogP contribution is -2.25. The van der Waals surface area contributed by atoms with Gasteiger partial charge in [0, 0.05) is 6.20 Å². The van der Waals surface area contributed by atoms with Crippen molar-refractivity contribution in [3.8, 4) is 0 Å². The summed E-state index contributed by atoms with van der Waals surface area (Å²) in [4.78, 5) is 20.1. The van der Waals surface area contributed by atoms with Crippen molar-refractivity contribution in [3.05, 3.63) is 45.4 Å². The van der Waals surface area contributed by atoms with E-state index in [1.54, 1.807) is 19.2 Å². The van der Waals surface area contributed by atoms with Crippen LogP contribution in [0.15, 0.2) is 23.3 Å². The molecule has 0 aliphatic heterocycles. The van der Waals surface area contributed by atoms with E-state index < -0.39 is 5.56 Å². The first-order chi connectivity index (χ1) is 9.61. The highest BCUT2D eigenvalue weighted by molar-refractivity contribution is 6.32. The van der Waals surface area contributed by atoms with E-state index >= 15 is 0 Å². The number of aliphatic hydroxyl groups excluding tert-OH is 1. The average molecular weight is 296 g/mol. The minimum Gasteiger partial charge on any atom is -0.394 e. The summed E-state index contributed by atoms with van der Waals surface area (Å²) in [7, 11) is 0. The smallest absolute Gasteiger partial charge is 0.287 e. The van der Waals surface area contributed by atoms with Gasteiger partial charge >= 0.3 is 0 Å². The van der Waals surface area contributed by atoms with Crippen LogP contribution < -0.4 is 10.9 Å². The Labute approximate surface area is 120 Å². The van der Waals surface area contributed by atoms with Gasteiger partial charge in [0.15, 0.2) is 0 Å². The van der Waals surface area contributed by atoms with Crippen LogP contribution in [0.3, 0.4) is 0 Å². The van der Waals surface area contributed by atoms with E-state index in [9.17, 15) is 4.79 Å². The van der Waals surface area contributed by atoms with Crippen molar-refractivity contribution in [1.82, 2.24) is 19.7 Å². The topological polar surface area (TPSA) is 92.9 Å². The maximum Gasteiger partial charge on any atom is 0.287 e. The Morgan fingerprint density at radius 3 is 3.00 bits per heavy atom. The Hall–Kier alpha value is -1.99. The molecule has 0 radical (unpaired) electrons. The van der Waals surface area contributed by atoms with Crippen LogP contribution in [-0.4, -0.2) is 31.5 Å². The van der Waals surface area contributed by atoms with Gasteiger partial charge in [0.25, 0.3) is 5.56 Å². The molecular weight excluding hydrogens is 282 g/mol. The maximum absolute atomic E-state index is 11.8. The molecule has 2 heterocycles. The number of halogens is 1. The van der Waals surface area contributed by atoms with Crippen molar-refractivity contribution in [1.29, 1.82) is 0 Å². The van der Waals surface area contributed by atoms with Gasteiger partial charge in [0.1, 0.15) is 10.8 Å². The molecule has 0 bridgehead atoms. The predicted octanol–water partition coefficient (Wildman–Crippen LogP) is 0.600. The number of hydrogen-bond acceptors (Lipinski definition) is 6. The van der Waals surface area contributed by atoms with E-state index in [2.05, 4.69) is 20.4 Å². The highest BCUT2D eigenvalue weighted by atomic mass is 35.5. The van der Waals surface area contributed by atoms with Crippen LogP contribution in [0.25, 0.3) is 0 Å². The zero-order chi connectivity index (χ0) is 14.5. The predicted molar refractivity (Wildman–Crippen MR) is 74.7 cm³/mol. The second kappa shape index (κ2) is 6.44. The van der Waals surface area contributed by atoms with Gasteiger partial charge in [-0.2, -0.15) is 5.10 Å². The maximum atomic E-state index is 11.8. The van der Waals surface area contributed by atoms with E-state index in [-0.39, 0.29) is 18.2 Å². The molecule has 7 nitrogen and oxygen atoms in total. The van der Waals surface area contributed by atoms with Crippen LogP contribution in [0.5, 0.6) is 0 Å². The van der Waals surface area contributed by atoms with Crippen LogP contribution in [0.2, 0.25) is 5.02 Å². The van der Waals surface area contributed by atoms with E-state index in [1.165, 1.54) is 6.20 Å². The zero-order valence-corrected chi connectivity index (χ0v) is 11.6. The fourth-order valence-corrected chi connectivity index (χ4v) is 1.84. The zero-order valence-electron chi connectivity index (χ0n) is 10.9. The van der Waals surface area contributed by atoms with Gasteiger partial charge in [-0.05, 0) is 13.0 Å². The lowest BCUT2D eigenvalue weighted by atomic mass is 10.3. The molecule has 0 atom stereocenters. The molecule has 0 saturated carbocycles. The number of aromatic nitrogens is 4. The van der Waals surface area contributed by atoms with E-state index in [1.807, 2.05) is 0 Å². The monoisotopic (exact) mass is 295 g/mol. The summed E-state index contributed by atoms with van der Waals surface area (Å²) in [6, 6.07) is 1.77. The number of aryl methyl sites for hydroxylation is 1. The molecular formula is C12H14ClN5O2. The van der Waals surface area contributed by atoms with Gasteiger partial charge in [0.2, 0.25) is 0 Å². The summed E-state index contributed by atoms with van der Waals surface area (Å²) in [5.41, 5.74) is 0.778. The first kappa shape index (κ1) is 14.4. The van der Waals surface area contributed by atoms with Crippen molar-refractivity contribution in [2.75, 3.05) is 11.9 Å². The highest BCUT2D eigenvalue weighted by Crippen LogP contribution is 2.15. The number of rotatable bonds is 5. The Morgan fingerprint density at radius 2 is 2.30 bits per heavy atom. The molecule has 20 heavy (non-hydrogen) atoms. The van der Waals surface area contributed by atoms with Crippen molar-refractivity contribution < 1.29 is 5.11 Å². The lowest BCUT2D eigenvalue weighted by Gasteiger charge is -2.09. The van der Waals surface area contributed by atoms with Crippen LogP contribution in [0.1, 0.15) is 11.5 Å². The van der Waals surface area contributed by atoms with Crippen molar-refractivity contribution in [2.45, 2.75) is 20.0 Å². The summed E-state index contributed by atoms with van der Waals surface area (Å²) >= 11 is 5.98. The Morgan fingerprint density at radius 1 is 1.50 bits per heavy atom. The lowest BCUT2D eigenvalue weighted by molar-refractivity contribution is 0.266. The largest absolute Gasteiger partial charge is 0.394 e. The normalized spacial score (nSPS) is 10.6. The molecule has 0 saturated heterocycles. The third-order valence-corrected chi connectivity index (χ3v) is 2.96. The molecule has 0 aliphatic carbocycles. The number of nitrogens with one attached hydrogen (secondary N) is 1. The average Bonchev–Trinajstić information content (AvgIpc) is 2.43. The molecule has 2 N–H and O–H groups in total.